The van der Waals surface area contributed by atoms with Crippen molar-refractivity contribution in [3.05, 3.63) is 53.5 Å². The Morgan fingerprint density at radius 2 is 1.92 bits per heavy atom. The summed E-state index contributed by atoms with van der Waals surface area (Å²) in [5, 5.41) is 9.37. The summed E-state index contributed by atoms with van der Waals surface area (Å²) in [7, 11) is -3.11. The Kier molecular flexibility index (Phi) is 5.60. The molecule has 1 aromatic heterocycles. The number of carbonyl (C=O) groups is 2. The smallest absolute Gasteiger partial charge is 0.373 e. The summed E-state index contributed by atoms with van der Waals surface area (Å²) in [5.41, 5.74) is 0.272. The van der Waals surface area contributed by atoms with Crippen LogP contribution in [0.5, 0.6) is 0 Å². The number of carboxylic acid groups (broad SMARTS) is 1. The van der Waals surface area contributed by atoms with Crippen LogP contribution in [0.25, 0.3) is 0 Å². The predicted molar refractivity (Wildman–Crippen MR) is 86.6 cm³/mol. The summed E-state index contributed by atoms with van der Waals surface area (Å²) in [6.07, 6.45) is 0.191. The SMILES string of the molecule is CCc1oc(C(=O)OC)cc1S(=O)(=O)N[C@H](C(=O)O)c1ccccc1. The van der Waals surface area contributed by atoms with Crippen molar-refractivity contribution < 1.29 is 32.3 Å². The highest BCUT2D eigenvalue weighted by Crippen LogP contribution is 2.24. The van der Waals surface area contributed by atoms with Crippen LogP contribution in [0.15, 0.2) is 45.7 Å². The number of nitrogens with one attached hydrogen (secondary N) is 1. The van der Waals surface area contributed by atoms with E-state index in [0.717, 1.165) is 13.2 Å². The van der Waals surface area contributed by atoms with Gasteiger partial charge in [0.15, 0.2) is 0 Å². The lowest BCUT2D eigenvalue weighted by atomic mass is 10.1. The summed E-state index contributed by atoms with van der Waals surface area (Å²) in [6, 6.07) is 7.43. The van der Waals surface area contributed by atoms with Gasteiger partial charge in [0.2, 0.25) is 15.8 Å². The van der Waals surface area contributed by atoms with E-state index in [9.17, 15) is 23.1 Å². The van der Waals surface area contributed by atoms with E-state index >= 15 is 0 Å². The van der Waals surface area contributed by atoms with E-state index in [1.165, 1.54) is 12.1 Å². The Hall–Kier alpha value is -2.65. The van der Waals surface area contributed by atoms with Crippen LogP contribution in [0.2, 0.25) is 0 Å². The number of carbonyl (C=O) groups excluding carboxylic acids is 1. The Bertz CT molecular complexity index is 871. The quantitative estimate of drug-likeness (QED) is 0.714. The highest BCUT2D eigenvalue weighted by molar-refractivity contribution is 7.89. The second-order valence-electron chi connectivity index (χ2n) is 5.05. The summed E-state index contributed by atoms with van der Waals surface area (Å²) in [5.74, 6) is -2.42. The zero-order valence-corrected chi connectivity index (χ0v) is 14.4. The maximum Gasteiger partial charge on any atom is 0.373 e. The minimum Gasteiger partial charge on any atom is -0.480 e. The molecule has 0 saturated carbocycles. The minimum atomic E-state index is -4.25. The normalized spacial score (nSPS) is 12.6. The van der Waals surface area contributed by atoms with Gasteiger partial charge in [0, 0.05) is 12.5 Å². The Morgan fingerprint density at radius 3 is 2.44 bits per heavy atom. The molecule has 0 bridgehead atoms. The van der Waals surface area contributed by atoms with Gasteiger partial charge in [-0.05, 0) is 5.56 Å². The van der Waals surface area contributed by atoms with Crippen molar-refractivity contribution in [2.75, 3.05) is 7.11 Å². The lowest BCUT2D eigenvalue weighted by Crippen LogP contribution is -2.34. The van der Waals surface area contributed by atoms with E-state index in [-0.39, 0.29) is 28.4 Å². The molecule has 8 nitrogen and oxygen atoms in total. The van der Waals surface area contributed by atoms with E-state index in [4.69, 9.17) is 4.42 Å². The molecule has 134 valence electrons. The fraction of sp³-hybridized carbons (Fsp3) is 0.250. The average Bonchev–Trinajstić information content (AvgIpc) is 3.05. The van der Waals surface area contributed by atoms with Crippen LogP contribution in [0, 0.1) is 0 Å². The van der Waals surface area contributed by atoms with E-state index in [0.29, 0.717) is 0 Å². The van der Waals surface area contributed by atoms with E-state index in [2.05, 4.69) is 9.46 Å². The lowest BCUT2D eigenvalue weighted by Gasteiger charge is -2.14. The second kappa shape index (κ2) is 7.49. The van der Waals surface area contributed by atoms with Crippen LogP contribution >= 0.6 is 0 Å². The molecule has 0 amide bonds. The van der Waals surface area contributed by atoms with Gasteiger partial charge in [-0.3, -0.25) is 4.79 Å². The second-order valence-corrected chi connectivity index (χ2v) is 6.73. The van der Waals surface area contributed by atoms with Gasteiger partial charge in [-0.2, -0.15) is 4.72 Å². The van der Waals surface area contributed by atoms with Crippen molar-refractivity contribution in [3.63, 3.8) is 0 Å². The maximum atomic E-state index is 12.6. The van der Waals surface area contributed by atoms with Crippen LogP contribution in [0.4, 0.5) is 0 Å². The molecule has 9 heteroatoms. The first-order valence-corrected chi connectivity index (χ1v) is 8.79. The number of carboxylic acids is 1. The van der Waals surface area contributed by atoms with Gasteiger partial charge in [0.05, 0.1) is 7.11 Å². The molecule has 0 unspecified atom stereocenters. The third-order valence-electron chi connectivity index (χ3n) is 3.42. The zero-order chi connectivity index (χ0) is 18.6. The zero-order valence-electron chi connectivity index (χ0n) is 13.6. The van der Waals surface area contributed by atoms with Crippen molar-refractivity contribution in [2.24, 2.45) is 0 Å². The highest BCUT2D eigenvalue weighted by atomic mass is 32.2. The third-order valence-corrected chi connectivity index (χ3v) is 4.89. The number of furan rings is 1. The van der Waals surface area contributed by atoms with Gasteiger partial charge < -0.3 is 14.3 Å². The van der Waals surface area contributed by atoms with Gasteiger partial charge in [-0.25, -0.2) is 13.2 Å². The molecule has 2 aromatic rings. The van der Waals surface area contributed by atoms with Gasteiger partial charge in [0.1, 0.15) is 16.7 Å². The van der Waals surface area contributed by atoms with Gasteiger partial charge in [-0.15, -0.1) is 0 Å². The number of hydrogen-bond acceptors (Lipinski definition) is 6. The standard InChI is InChI=1S/C16H17NO7S/c1-3-11-13(9-12(24-11)16(20)23-2)25(21,22)17-14(15(18)19)10-7-5-4-6-8-10/h4-9,14,17H,3H2,1-2H3,(H,18,19)/t14-/m0/s1. The molecule has 0 aliphatic rings. The molecule has 0 aliphatic carbocycles. The molecule has 0 fully saturated rings. The predicted octanol–water partition coefficient (Wildman–Crippen LogP) is 1.73. The number of methoxy groups -OCH3 is 1. The number of aliphatic carboxylic acids is 1. The molecule has 1 atom stereocenters. The van der Waals surface area contributed by atoms with E-state index in [1.807, 2.05) is 0 Å². The number of ether oxygens (including phenoxy) is 1. The largest absolute Gasteiger partial charge is 0.480 e. The number of esters is 1. The fourth-order valence-corrected chi connectivity index (χ4v) is 3.63. The van der Waals surface area contributed by atoms with Gasteiger partial charge in [0.25, 0.3) is 0 Å². The molecule has 0 saturated heterocycles. The average molecular weight is 367 g/mol. The Morgan fingerprint density at radius 1 is 1.28 bits per heavy atom. The number of benzene rings is 1. The highest BCUT2D eigenvalue weighted by Gasteiger charge is 2.31. The number of rotatable bonds is 7. The molecule has 2 N–H and O–H groups in total. The first-order valence-electron chi connectivity index (χ1n) is 7.31. The number of aryl methyl sites for hydroxylation is 1. The van der Waals surface area contributed by atoms with Gasteiger partial charge >= 0.3 is 11.9 Å². The first-order chi connectivity index (χ1) is 11.8. The third kappa shape index (κ3) is 4.06. The molecule has 25 heavy (non-hydrogen) atoms. The monoisotopic (exact) mass is 367 g/mol. The first kappa shape index (κ1) is 18.7. The van der Waals surface area contributed by atoms with Crippen molar-refractivity contribution in [2.45, 2.75) is 24.3 Å². The number of hydrogen-bond donors (Lipinski definition) is 2. The summed E-state index contributed by atoms with van der Waals surface area (Å²) >= 11 is 0. The maximum absolute atomic E-state index is 12.6. The summed E-state index contributed by atoms with van der Waals surface area (Å²) in [4.78, 5) is 22.8. The Balaban J connectivity index is 2.42. The lowest BCUT2D eigenvalue weighted by molar-refractivity contribution is -0.139. The number of sulfonamides is 1. The van der Waals surface area contributed by atoms with E-state index in [1.54, 1.807) is 25.1 Å². The van der Waals surface area contributed by atoms with Crippen molar-refractivity contribution in [1.29, 1.82) is 0 Å². The molecule has 1 heterocycles. The van der Waals surface area contributed by atoms with Crippen LogP contribution < -0.4 is 4.72 Å². The summed E-state index contributed by atoms with van der Waals surface area (Å²) < 4.78 is 37.1. The molecular weight excluding hydrogens is 350 g/mol. The van der Waals surface area contributed by atoms with Crippen molar-refractivity contribution >= 4 is 22.0 Å². The summed E-state index contributed by atoms with van der Waals surface area (Å²) in [6.45, 7) is 1.64. The molecule has 1 aromatic carbocycles. The van der Waals surface area contributed by atoms with Crippen molar-refractivity contribution in [1.82, 2.24) is 4.72 Å². The fourth-order valence-electron chi connectivity index (χ4n) is 2.21. The van der Waals surface area contributed by atoms with Crippen LogP contribution in [-0.4, -0.2) is 32.6 Å². The Labute approximate surface area is 144 Å². The van der Waals surface area contributed by atoms with Crippen LogP contribution in [-0.2, 0) is 26.0 Å². The topological polar surface area (TPSA) is 123 Å². The van der Waals surface area contributed by atoms with Crippen LogP contribution in [0.1, 0.15) is 34.8 Å². The molecule has 0 radical (unpaired) electrons. The van der Waals surface area contributed by atoms with Crippen LogP contribution in [0.3, 0.4) is 0 Å². The molecule has 2 rings (SSSR count). The minimum absolute atomic E-state index is 0.0325. The van der Waals surface area contributed by atoms with Crippen molar-refractivity contribution in [3.8, 4) is 0 Å². The molecule has 0 aliphatic heterocycles. The molecule has 0 spiro atoms. The molecular formula is C16H17NO7S. The van der Waals surface area contributed by atoms with E-state index < -0.39 is 28.0 Å². The van der Waals surface area contributed by atoms with Gasteiger partial charge in [-0.1, -0.05) is 37.3 Å².